The minimum atomic E-state index is -0.110. The van der Waals surface area contributed by atoms with Gasteiger partial charge < -0.3 is 19.7 Å². The molecule has 0 saturated carbocycles. The molecule has 1 fully saturated rings. The lowest BCUT2D eigenvalue weighted by molar-refractivity contribution is 0.0947. The lowest BCUT2D eigenvalue weighted by Crippen LogP contribution is -2.48. The van der Waals surface area contributed by atoms with Crippen LogP contribution in [0.1, 0.15) is 10.4 Å². The number of nitrogens with zero attached hydrogens (tertiary/aromatic N) is 2. The van der Waals surface area contributed by atoms with Gasteiger partial charge in [0.25, 0.3) is 5.91 Å². The van der Waals surface area contributed by atoms with E-state index in [-0.39, 0.29) is 5.91 Å². The van der Waals surface area contributed by atoms with E-state index in [2.05, 4.69) is 27.2 Å². The molecule has 0 unspecified atom stereocenters. The van der Waals surface area contributed by atoms with Crippen LogP contribution in [0.3, 0.4) is 0 Å². The van der Waals surface area contributed by atoms with Gasteiger partial charge in [-0.15, -0.1) is 0 Å². The highest BCUT2D eigenvalue weighted by Crippen LogP contribution is 2.27. The third-order valence-electron chi connectivity index (χ3n) is 4.92. The Hall–Kier alpha value is -2.44. The van der Waals surface area contributed by atoms with E-state index in [9.17, 15) is 4.79 Å². The molecule has 2 aromatic rings. The third-order valence-corrected chi connectivity index (χ3v) is 5.18. The summed E-state index contributed by atoms with van der Waals surface area (Å²) in [5.74, 6) is 1.05. The molecule has 0 radical (unpaired) electrons. The van der Waals surface area contributed by atoms with Crippen LogP contribution in [0.4, 0.5) is 5.69 Å². The van der Waals surface area contributed by atoms with Gasteiger partial charge in [-0.25, -0.2) is 0 Å². The van der Waals surface area contributed by atoms with Gasteiger partial charge >= 0.3 is 0 Å². The Kier molecular flexibility index (Phi) is 7.01. The maximum absolute atomic E-state index is 12.4. The van der Waals surface area contributed by atoms with Crippen molar-refractivity contribution in [3.05, 3.63) is 53.1 Å². The van der Waals surface area contributed by atoms with E-state index in [0.717, 1.165) is 37.7 Å². The van der Waals surface area contributed by atoms with E-state index < -0.39 is 0 Å². The van der Waals surface area contributed by atoms with Gasteiger partial charge in [0.1, 0.15) is 0 Å². The molecule has 2 aromatic carbocycles. The number of nitrogens with one attached hydrogen (secondary N) is 1. The minimum Gasteiger partial charge on any atom is -0.493 e. The van der Waals surface area contributed by atoms with Gasteiger partial charge in [0.15, 0.2) is 11.5 Å². The number of piperazine rings is 1. The van der Waals surface area contributed by atoms with Gasteiger partial charge in [-0.3, -0.25) is 9.69 Å². The Labute approximate surface area is 171 Å². The number of anilines is 1. The van der Waals surface area contributed by atoms with Crippen molar-refractivity contribution < 1.29 is 14.3 Å². The lowest BCUT2D eigenvalue weighted by Gasteiger charge is -2.36. The van der Waals surface area contributed by atoms with Gasteiger partial charge in [0, 0.05) is 55.5 Å². The molecule has 0 bridgehead atoms. The summed E-state index contributed by atoms with van der Waals surface area (Å²) in [7, 11) is 3.13. The molecule has 6 nitrogen and oxygen atoms in total. The van der Waals surface area contributed by atoms with Crippen LogP contribution >= 0.6 is 11.6 Å². The van der Waals surface area contributed by atoms with Crippen LogP contribution in [-0.4, -0.2) is 64.3 Å². The summed E-state index contributed by atoms with van der Waals surface area (Å²) in [6.45, 7) is 5.29. The summed E-state index contributed by atoms with van der Waals surface area (Å²) in [4.78, 5) is 17.1. The van der Waals surface area contributed by atoms with Crippen molar-refractivity contribution in [3.8, 4) is 11.5 Å². The highest BCUT2D eigenvalue weighted by Gasteiger charge is 2.17. The van der Waals surface area contributed by atoms with Gasteiger partial charge in [-0.1, -0.05) is 11.6 Å². The second kappa shape index (κ2) is 9.66. The van der Waals surface area contributed by atoms with Gasteiger partial charge in [0.05, 0.1) is 14.2 Å². The first-order valence-electron chi connectivity index (χ1n) is 9.34. The van der Waals surface area contributed by atoms with Crippen LogP contribution in [0.15, 0.2) is 42.5 Å². The van der Waals surface area contributed by atoms with E-state index in [1.165, 1.54) is 5.69 Å². The summed E-state index contributed by atoms with van der Waals surface area (Å²) >= 11 is 5.96. The Morgan fingerprint density at radius 3 is 2.32 bits per heavy atom. The Balaban J connectivity index is 1.43. The van der Waals surface area contributed by atoms with Crippen LogP contribution in [0.5, 0.6) is 11.5 Å². The molecule has 1 aliphatic heterocycles. The third kappa shape index (κ3) is 5.09. The number of halogens is 1. The molecule has 0 aromatic heterocycles. The van der Waals surface area contributed by atoms with Crippen LogP contribution in [-0.2, 0) is 0 Å². The van der Waals surface area contributed by atoms with Gasteiger partial charge in [-0.05, 0) is 42.5 Å². The number of benzene rings is 2. The predicted molar refractivity (Wildman–Crippen MR) is 112 cm³/mol. The van der Waals surface area contributed by atoms with Crippen molar-refractivity contribution in [2.24, 2.45) is 0 Å². The standard InChI is InChI=1S/C21H26ClN3O3/c1-27-19-8-3-16(15-20(19)28-2)21(26)23-9-10-24-11-13-25(14-12-24)18-6-4-17(22)5-7-18/h3-8,15H,9-14H2,1-2H3,(H,23,26). The molecule has 1 heterocycles. The van der Waals surface area contributed by atoms with Crippen molar-refractivity contribution in [3.63, 3.8) is 0 Å². The average Bonchev–Trinajstić information content (AvgIpc) is 2.74. The first-order valence-corrected chi connectivity index (χ1v) is 9.71. The molecule has 1 saturated heterocycles. The van der Waals surface area contributed by atoms with Crippen LogP contribution in [0.25, 0.3) is 0 Å². The second-order valence-electron chi connectivity index (χ2n) is 6.63. The zero-order valence-electron chi connectivity index (χ0n) is 16.3. The quantitative estimate of drug-likeness (QED) is 0.770. The number of amides is 1. The maximum atomic E-state index is 12.4. The number of ether oxygens (including phenoxy) is 2. The van der Waals surface area contributed by atoms with Crippen LogP contribution < -0.4 is 19.7 Å². The molecular formula is C21H26ClN3O3. The Morgan fingerprint density at radius 2 is 1.68 bits per heavy atom. The molecule has 150 valence electrons. The number of hydrogen-bond acceptors (Lipinski definition) is 5. The first kappa shape index (κ1) is 20.3. The first-order chi connectivity index (χ1) is 13.6. The average molecular weight is 404 g/mol. The van der Waals surface area contributed by atoms with E-state index in [0.29, 0.717) is 23.6 Å². The molecule has 1 aliphatic rings. The maximum Gasteiger partial charge on any atom is 0.251 e. The zero-order chi connectivity index (χ0) is 19.9. The fourth-order valence-corrected chi connectivity index (χ4v) is 3.41. The minimum absolute atomic E-state index is 0.110. The fourth-order valence-electron chi connectivity index (χ4n) is 3.29. The topological polar surface area (TPSA) is 54.0 Å². The van der Waals surface area contributed by atoms with E-state index in [4.69, 9.17) is 21.1 Å². The monoisotopic (exact) mass is 403 g/mol. The van der Waals surface area contributed by atoms with Gasteiger partial charge in [0.2, 0.25) is 0 Å². The van der Waals surface area contributed by atoms with Crippen molar-refractivity contribution in [1.29, 1.82) is 0 Å². The number of carbonyl (C=O) groups is 1. The van der Waals surface area contributed by atoms with E-state index >= 15 is 0 Å². The van der Waals surface area contributed by atoms with Crippen molar-refractivity contribution in [1.82, 2.24) is 10.2 Å². The van der Waals surface area contributed by atoms with Crippen molar-refractivity contribution >= 4 is 23.2 Å². The Morgan fingerprint density at radius 1 is 1.00 bits per heavy atom. The highest BCUT2D eigenvalue weighted by molar-refractivity contribution is 6.30. The van der Waals surface area contributed by atoms with Gasteiger partial charge in [-0.2, -0.15) is 0 Å². The molecule has 1 amide bonds. The molecule has 7 heteroatoms. The predicted octanol–water partition coefficient (Wildman–Crippen LogP) is 2.91. The zero-order valence-corrected chi connectivity index (χ0v) is 17.0. The van der Waals surface area contributed by atoms with Crippen molar-refractivity contribution in [2.45, 2.75) is 0 Å². The largest absolute Gasteiger partial charge is 0.493 e. The smallest absolute Gasteiger partial charge is 0.251 e. The molecule has 1 N–H and O–H groups in total. The SMILES string of the molecule is COc1ccc(C(=O)NCCN2CCN(c3ccc(Cl)cc3)CC2)cc1OC. The van der Waals surface area contributed by atoms with E-state index in [1.54, 1.807) is 32.4 Å². The molecular weight excluding hydrogens is 378 g/mol. The van der Waals surface area contributed by atoms with Crippen LogP contribution in [0.2, 0.25) is 5.02 Å². The van der Waals surface area contributed by atoms with Crippen LogP contribution in [0, 0.1) is 0 Å². The summed E-state index contributed by atoms with van der Waals surface area (Å²) in [6.07, 6.45) is 0. The summed E-state index contributed by atoms with van der Waals surface area (Å²) in [5, 5.41) is 3.74. The molecule has 3 rings (SSSR count). The molecule has 0 atom stereocenters. The van der Waals surface area contributed by atoms with Crippen molar-refractivity contribution in [2.75, 3.05) is 58.4 Å². The number of methoxy groups -OCH3 is 2. The molecule has 0 aliphatic carbocycles. The van der Waals surface area contributed by atoms with E-state index in [1.807, 2.05) is 12.1 Å². The fraction of sp³-hybridized carbons (Fsp3) is 0.381. The summed E-state index contributed by atoms with van der Waals surface area (Å²) in [6, 6.07) is 13.1. The number of hydrogen-bond donors (Lipinski definition) is 1. The normalized spacial score (nSPS) is 14.6. The Bertz CT molecular complexity index is 790. The highest BCUT2D eigenvalue weighted by atomic mass is 35.5. The summed E-state index contributed by atoms with van der Waals surface area (Å²) < 4.78 is 10.5. The second-order valence-corrected chi connectivity index (χ2v) is 7.07. The number of carbonyl (C=O) groups excluding carboxylic acids is 1. The molecule has 0 spiro atoms. The lowest BCUT2D eigenvalue weighted by atomic mass is 10.2. The summed E-state index contributed by atoms with van der Waals surface area (Å²) in [5.41, 5.74) is 1.76. The molecule has 28 heavy (non-hydrogen) atoms. The number of rotatable bonds is 7.